The van der Waals surface area contributed by atoms with Crippen molar-refractivity contribution in [2.24, 2.45) is 5.73 Å². The molecule has 0 fully saturated rings. The molecule has 18 heavy (non-hydrogen) atoms. The maximum absolute atomic E-state index is 10.8. The van der Waals surface area contributed by atoms with Crippen molar-refractivity contribution in [2.75, 3.05) is 7.11 Å². The van der Waals surface area contributed by atoms with Crippen molar-refractivity contribution in [2.45, 2.75) is 19.4 Å². The number of primary amides is 1. The van der Waals surface area contributed by atoms with Gasteiger partial charge in [0.15, 0.2) is 11.5 Å². The molecule has 5 nitrogen and oxygen atoms in total. The lowest BCUT2D eigenvalue weighted by molar-refractivity contribution is -0.119. The fourth-order valence-electron chi connectivity index (χ4n) is 1.45. The molecule has 1 amide bonds. The lowest BCUT2D eigenvalue weighted by Crippen LogP contribution is -2.22. The summed E-state index contributed by atoms with van der Waals surface area (Å²) in [7, 11) is 1.44. The van der Waals surface area contributed by atoms with Gasteiger partial charge in [0.25, 0.3) is 0 Å². The highest BCUT2D eigenvalue weighted by Gasteiger charge is 2.16. The number of halogens is 1. The molecule has 6 heteroatoms. The van der Waals surface area contributed by atoms with E-state index in [1.165, 1.54) is 19.2 Å². The Morgan fingerprint density at radius 2 is 2.22 bits per heavy atom. The van der Waals surface area contributed by atoms with Gasteiger partial charge in [-0.05, 0) is 19.1 Å². The number of benzene rings is 1. The molecule has 0 heterocycles. The number of carbonyl (C=O) groups is 2. The third-order valence-electron chi connectivity index (χ3n) is 2.20. The van der Waals surface area contributed by atoms with Crippen molar-refractivity contribution in [1.82, 2.24) is 0 Å². The van der Waals surface area contributed by atoms with Crippen LogP contribution in [-0.4, -0.2) is 25.4 Å². The molecule has 1 aromatic rings. The lowest BCUT2D eigenvalue weighted by atomic mass is 10.2. The van der Waals surface area contributed by atoms with E-state index in [-0.39, 0.29) is 11.4 Å². The molecule has 0 aromatic heterocycles. The summed E-state index contributed by atoms with van der Waals surface area (Å²) in [5.41, 5.74) is 5.45. The Labute approximate surface area is 110 Å². The first-order valence-corrected chi connectivity index (χ1v) is 5.63. The summed E-state index contributed by atoms with van der Waals surface area (Å²) < 4.78 is 10.6. The van der Waals surface area contributed by atoms with E-state index in [0.29, 0.717) is 23.3 Å². The van der Waals surface area contributed by atoms with Gasteiger partial charge in [-0.25, -0.2) is 0 Å². The first-order valence-electron chi connectivity index (χ1n) is 5.25. The van der Waals surface area contributed by atoms with Crippen LogP contribution in [0.4, 0.5) is 0 Å². The molecule has 2 N–H and O–H groups in total. The predicted molar refractivity (Wildman–Crippen MR) is 67.3 cm³/mol. The molecule has 1 rings (SSSR count). The zero-order chi connectivity index (χ0) is 13.7. The van der Waals surface area contributed by atoms with Crippen LogP contribution in [0.1, 0.15) is 23.7 Å². The largest absolute Gasteiger partial charge is 0.493 e. The molecule has 0 radical (unpaired) electrons. The SMILES string of the molecule is COc1cc(C=O)cc(Cl)c1OC(C)CC(N)=O. The number of hydrogen-bond donors (Lipinski definition) is 1. The summed E-state index contributed by atoms with van der Waals surface area (Å²) in [5.74, 6) is 0.154. The van der Waals surface area contributed by atoms with Gasteiger partial charge in [-0.1, -0.05) is 11.6 Å². The predicted octanol–water partition coefficient (Wildman–Crippen LogP) is 1.80. The molecule has 0 saturated heterocycles. The molecule has 98 valence electrons. The molecule has 0 aliphatic heterocycles. The summed E-state index contributed by atoms with van der Waals surface area (Å²) in [6.07, 6.45) is 0.288. The third-order valence-corrected chi connectivity index (χ3v) is 2.48. The van der Waals surface area contributed by atoms with Gasteiger partial charge in [-0.3, -0.25) is 9.59 Å². The van der Waals surface area contributed by atoms with Gasteiger partial charge in [-0.2, -0.15) is 0 Å². The highest BCUT2D eigenvalue weighted by molar-refractivity contribution is 6.32. The lowest BCUT2D eigenvalue weighted by Gasteiger charge is -2.17. The van der Waals surface area contributed by atoms with Crippen LogP contribution in [0.15, 0.2) is 12.1 Å². The second-order valence-corrected chi connectivity index (χ2v) is 4.16. The molecule has 1 unspecified atom stereocenters. The van der Waals surface area contributed by atoms with E-state index in [1.54, 1.807) is 6.92 Å². The van der Waals surface area contributed by atoms with Gasteiger partial charge >= 0.3 is 0 Å². The summed E-state index contributed by atoms with van der Waals surface area (Å²) in [4.78, 5) is 21.5. The van der Waals surface area contributed by atoms with E-state index < -0.39 is 12.0 Å². The normalized spacial score (nSPS) is 11.7. The zero-order valence-corrected chi connectivity index (χ0v) is 10.9. The highest BCUT2D eigenvalue weighted by Crippen LogP contribution is 2.36. The van der Waals surface area contributed by atoms with Crippen LogP contribution in [0.25, 0.3) is 0 Å². The van der Waals surface area contributed by atoms with Gasteiger partial charge in [0.2, 0.25) is 5.91 Å². The van der Waals surface area contributed by atoms with Crippen LogP contribution >= 0.6 is 11.6 Å². The van der Waals surface area contributed by atoms with Crippen LogP contribution in [-0.2, 0) is 4.79 Å². The number of nitrogens with two attached hydrogens (primary N) is 1. The number of hydrogen-bond acceptors (Lipinski definition) is 4. The molecule has 0 spiro atoms. The van der Waals surface area contributed by atoms with E-state index in [4.69, 9.17) is 26.8 Å². The maximum Gasteiger partial charge on any atom is 0.221 e. The van der Waals surface area contributed by atoms with Crippen molar-refractivity contribution < 1.29 is 19.1 Å². The van der Waals surface area contributed by atoms with Crippen LogP contribution in [0.2, 0.25) is 5.02 Å². The molecule has 0 aliphatic rings. The van der Waals surface area contributed by atoms with Gasteiger partial charge < -0.3 is 15.2 Å². The van der Waals surface area contributed by atoms with Crippen LogP contribution in [0.3, 0.4) is 0 Å². The zero-order valence-electron chi connectivity index (χ0n) is 10.1. The summed E-state index contributed by atoms with van der Waals surface area (Å²) in [6, 6.07) is 2.97. The van der Waals surface area contributed by atoms with E-state index >= 15 is 0 Å². The molecule has 0 saturated carbocycles. The number of ether oxygens (including phenoxy) is 2. The van der Waals surface area contributed by atoms with Crippen molar-refractivity contribution in [3.63, 3.8) is 0 Å². The Balaban J connectivity index is 3.00. The fourth-order valence-corrected chi connectivity index (χ4v) is 1.71. The van der Waals surface area contributed by atoms with Crippen LogP contribution < -0.4 is 15.2 Å². The number of carbonyl (C=O) groups excluding carboxylic acids is 2. The first kappa shape index (κ1) is 14.3. The van der Waals surface area contributed by atoms with E-state index in [1.807, 2.05) is 0 Å². The van der Waals surface area contributed by atoms with Crippen molar-refractivity contribution >= 4 is 23.8 Å². The maximum atomic E-state index is 10.8. The Kier molecular flexibility index (Phi) is 4.97. The number of amides is 1. The average Bonchev–Trinajstić information content (AvgIpc) is 2.30. The van der Waals surface area contributed by atoms with Crippen molar-refractivity contribution in [1.29, 1.82) is 0 Å². The van der Waals surface area contributed by atoms with E-state index in [0.717, 1.165) is 0 Å². The Morgan fingerprint density at radius 3 is 2.72 bits per heavy atom. The van der Waals surface area contributed by atoms with Gasteiger partial charge in [-0.15, -0.1) is 0 Å². The molecule has 1 aromatic carbocycles. The molecule has 0 aliphatic carbocycles. The van der Waals surface area contributed by atoms with Crippen molar-refractivity contribution in [3.8, 4) is 11.5 Å². The minimum Gasteiger partial charge on any atom is -0.493 e. The van der Waals surface area contributed by atoms with Gasteiger partial charge in [0.1, 0.15) is 12.4 Å². The highest BCUT2D eigenvalue weighted by atomic mass is 35.5. The van der Waals surface area contributed by atoms with Crippen LogP contribution in [0.5, 0.6) is 11.5 Å². The second-order valence-electron chi connectivity index (χ2n) is 3.75. The topological polar surface area (TPSA) is 78.6 Å². The van der Waals surface area contributed by atoms with E-state index in [2.05, 4.69) is 0 Å². The molecule has 1 atom stereocenters. The minimum absolute atomic E-state index is 0.0644. The number of aldehydes is 1. The molecule has 0 bridgehead atoms. The van der Waals surface area contributed by atoms with Crippen molar-refractivity contribution in [3.05, 3.63) is 22.7 Å². The molecular formula is C12H14ClNO4. The standard InChI is InChI=1S/C12H14ClNO4/c1-7(3-11(14)16)18-12-9(13)4-8(6-15)5-10(12)17-2/h4-7H,3H2,1-2H3,(H2,14,16). The summed E-state index contributed by atoms with van der Waals surface area (Å²) >= 11 is 5.99. The first-order chi connectivity index (χ1) is 8.47. The summed E-state index contributed by atoms with van der Waals surface area (Å²) in [6.45, 7) is 1.69. The Bertz CT molecular complexity index is 462. The van der Waals surface area contributed by atoms with Gasteiger partial charge in [0, 0.05) is 5.56 Å². The monoisotopic (exact) mass is 271 g/mol. The molecular weight excluding hydrogens is 258 g/mol. The fraction of sp³-hybridized carbons (Fsp3) is 0.333. The Hall–Kier alpha value is -1.75. The average molecular weight is 272 g/mol. The van der Waals surface area contributed by atoms with E-state index in [9.17, 15) is 9.59 Å². The number of rotatable bonds is 6. The third kappa shape index (κ3) is 3.63. The van der Waals surface area contributed by atoms with Crippen LogP contribution in [0, 0.1) is 0 Å². The smallest absolute Gasteiger partial charge is 0.221 e. The number of methoxy groups -OCH3 is 1. The minimum atomic E-state index is -0.470. The van der Waals surface area contributed by atoms with Gasteiger partial charge in [0.05, 0.1) is 18.6 Å². The Morgan fingerprint density at radius 1 is 1.56 bits per heavy atom. The summed E-state index contributed by atoms with van der Waals surface area (Å²) in [5, 5.41) is 0.243. The second kappa shape index (κ2) is 6.26. The quantitative estimate of drug-likeness (QED) is 0.800.